The Morgan fingerprint density at radius 2 is 1.54 bits per heavy atom. The number of ether oxygens (including phenoxy) is 2. The van der Waals surface area contributed by atoms with E-state index >= 15 is 0 Å². The first-order chi connectivity index (χ1) is 10.7. The number of benzene rings is 1. The third-order valence-electron chi connectivity index (χ3n) is 2.88. The van der Waals surface area contributed by atoms with Crippen molar-refractivity contribution in [2.75, 3.05) is 14.2 Å². The van der Waals surface area contributed by atoms with E-state index in [1.807, 2.05) is 6.07 Å². The van der Waals surface area contributed by atoms with E-state index in [0.717, 1.165) is 0 Å². The predicted octanol–water partition coefficient (Wildman–Crippen LogP) is 3.15. The third kappa shape index (κ3) is 5.18. The van der Waals surface area contributed by atoms with Crippen molar-refractivity contribution in [3.05, 3.63) is 59.6 Å². The number of halogens is 1. The Bertz CT molecular complexity index is 715. The van der Waals surface area contributed by atoms with Crippen molar-refractivity contribution in [2.24, 2.45) is 15.3 Å². The molecule has 1 aromatic carbocycles. The average molecular weight is 400 g/mol. The van der Waals surface area contributed by atoms with Gasteiger partial charge in [-0.05, 0) is 12.1 Å². The molecule has 1 amide bonds. The summed E-state index contributed by atoms with van der Waals surface area (Å²) in [6.07, 6.45) is 3.03. The number of carbonyl (C=O) groups excluding carboxylic acids is 1. The van der Waals surface area contributed by atoms with E-state index in [2.05, 4.69) is 15.3 Å². The summed E-state index contributed by atoms with van der Waals surface area (Å²) >= 11 is 0. The van der Waals surface area contributed by atoms with Gasteiger partial charge in [0.25, 0.3) is 5.91 Å². The number of nitrogens with one attached hydrogen (secondary N) is 1. The average Bonchev–Trinajstić information content (AvgIpc) is 2.56. The number of aliphatic imine (C=N–C) groups is 1. The van der Waals surface area contributed by atoms with Gasteiger partial charge in [-0.1, -0.05) is 23.4 Å². The molecule has 0 unspecified atom stereocenters. The van der Waals surface area contributed by atoms with Crippen molar-refractivity contribution in [3.63, 3.8) is 0 Å². The maximum Gasteiger partial charge on any atom is 0.277 e. The van der Waals surface area contributed by atoms with Crippen LogP contribution in [0.1, 0.15) is 10.4 Å². The van der Waals surface area contributed by atoms with Gasteiger partial charge in [-0.15, -0.1) is 17.5 Å². The Morgan fingerprint density at radius 3 is 2.08 bits per heavy atom. The van der Waals surface area contributed by atoms with Crippen molar-refractivity contribution in [3.8, 4) is 0 Å². The van der Waals surface area contributed by atoms with E-state index in [1.54, 1.807) is 24.3 Å². The number of hydrogen-bond donors (Lipinski definition) is 1. The van der Waals surface area contributed by atoms with Crippen LogP contribution in [0.5, 0.6) is 0 Å². The van der Waals surface area contributed by atoms with Gasteiger partial charge < -0.3 is 9.47 Å². The predicted molar refractivity (Wildman–Crippen MR) is 88.2 cm³/mol. The zero-order valence-electron chi connectivity index (χ0n) is 13.2. The van der Waals surface area contributed by atoms with Gasteiger partial charge in [0.2, 0.25) is 0 Å². The van der Waals surface area contributed by atoms with Crippen molar-refractivity contribution < 1.29 is 33.7 Å². The van der Waals surface area contributed by atoms with Crippen molar-refractivity contribution >= 4 is 29.7 Å². The number of methoxy groups -OCH3 is 2. The largest absolute Gasteiger partial charge is 0.494 e. The molecule has 7 nitrogen and oxygen atoms in total. The Kier molecular flexibility index (Phi) is 9.61. The first-order valence-corrected chi connectivity index (χ1v) is 6.34. The molecule has 1 aliphatic rings. The van der Waals surface area contributed by atoms with Crippen LogP contribution < -0.4 is 0 Å². The van der Waals surface area contributed by atoms with Gasteiger partial charge in [-0.3, -0.25) is 4.79 Å². The van der Waals surface area contributed by atoms with Gasteiger partial charge >= 0.3 is 0 Å². The van der Waals surface area contributed by atoms with Gasteiger partial charge in [0.05, 0.1) is 14.2 Å². The molecule has 0 saturated carbocycles. The standard InChI is InChI=1S/C15H14N4O3.ClH.Zn/c1-21-13-9-12(18-19-16)14(22-2)8-11(13)17-15(20)10-6-4-3-5-7-10;;/h3-9,16H,1-2H3;1H;. The minimum atomic E-state index is -0.393. The molecule has 0 saturated heterocycles. The monoisotopic (exact) mass is 398 g/mol. The molecule has 0 heterocycles. The number of amides is 1. The Balaban J connectivity index is 0.00000264. The van der Waals surface area contributed by atoms with Crippen molar-refractivity contribution in [1.29, 1.82) is 5.53 Å². The molecule has 0 radical (unpaired) electrons. The number of hydrogen-bond acceptors (Lipinski definition) is 5. The second-order valence-corrected chi connectivity index (χ2v) is 4.18. The van der Waals surface area contributed by atoms with Crippen LogP contribution in [0.2, 0.25) is 0 Å². The maximum atomic E-state index is 12.2. The molecule has 0 bridgehead atoms. The molecule has 1 N–H and O–H groups in total. The van der Waals surface area contributed by atoms with Crippen molar-refractivity contribution in [2.45, 2.75) is 0 Å². The third-order valence-corrected chi connectivity index (χ3v) is 2.88. The molecule has 2 rings (SSSR count). The Hall–Kier alpha value is -2.18. The second kappa shape index (κ2) is 10.6. The molecule has 0 fully saturated rings. The molecule has 1 aromatic rings. The van der Waals surface area contributed by atoms with Crippen LogP contribution in [-0.4, -0.2) is 31.6 Å². The zero-order valence-corrected chi connectivity index (χ0v) is 17.0. The maximum absolute atomic E-state index is 12.2. The van der Waals surface area contributed by atoms with Gasteiger partial charge in [0, 0.05) is 37.2 Å². The number of rotatable bonds is 4. The summed E-state index contributed by atoms with van der Waals surface area (Å²) in [5.74, 6) is 0.291. The van der Waals surface area contributed by atoms with Crippen LogP contribution in [0.3, 0.4) is 0 Å². The first-order valence-electron chi connectivity index (χ1n) is 6.34. The second-order valence-electron chi connectivity index (χ2n) is 4.18. The summed E-state index contributed by atoms with van der Waals surface area (Å²) in [5, 5.41) is 6.59. The Labute approximate surface area is 158 Å². The van der Waals surface area contributed by atoms with E-state index in [9.17, 15) is 4.79 Å². The molecule has 0 spiro atoms. The normalized spacial score (nSPS) is 16.2. The van der Waals surface area contributed by atoms with Crippen LogP contribution in [0.25, 0.3) is 0 Å². The van der Waals surface area contributed by atoms with Crippen LogP contribution in [0, 0.1) is 5.53 Å². The van der Waals surface area contributed by atoms with E-state index in [1.165, 1.54) is 26.4 Å². The molecule has 122 valence electrons. The van der Waals surface area contributed by atoms with E-state index in [4.69, 9.17) is 15.0 Å². The minimum Gasteiger partial charge on any atom is -0.494 e. The summed E-state index contributed by atoms with van der Waals surface area (Å²) in [5.41, 5.74) is 7.91. The molecule has 0 atom stereocenters. The number of carbonyl (C=O) groups is 1. The summed E-state index contributed by atoms with van der Waals surface area (Å²) in [6.45, 7) is 0. The topological polar surface area (TPSA) is 96.5 Å². The van der Waals surface area contributed by atoms with Crippen LogP contribution in [0.15, 0.2) is 69.3 Å². The molecule has 1 aliphatic carbocycles. The van der Waals surface area contributed by atoms with E-state index < -0.39 is 5.91 Å². The van der Waals surface area contributed by atoms with E-state index in [0.29, 0.717) is 28.5 Å². The zero-order chi connectivity index (χ0) is 15.9. The number of nitrogens with zero attached hydrogens (tertiary/aromatic N) is 3. The van der Waals surface area contributed by atoms with Crippen LogP contribution in [0.4, 0.5) is 0 Å². The fraction of sp³-hybridized carbons (Fsp3) is 0.133. The summed E-state index contributed by atoms with van der Waals surface area (Å²) in [6, 6.07) is 8.70. The smallest absolute Gasteiger partial charge is 0.277 e. The molecule has 9 heteroatoms. The fourth-order valence-corrected chi connectivity index (χ4v) is 1.84. The van der Waals surface area contributed by atoms with Crippen LogP contribution in [-0.2, 0) is 29.0 Å². The van der Waals surface area contributed by atoms with Crippen LogP contribution >= 0.6 is 12.4 Å². The van der Waals surface area contributed by atoms with Gasteiger partial charge in [0.15, 0.2) is 0 Å². The van der Waals surface area contributed by atoms with Gasteiger partial charge in [-0.25, -0.2) is 4.99 Å². The SMILES string of the molecule is COC1=CC(=NC(=O)c2ccccc2)C(OC)=CC1=NN=N.Cl.[Zn]. The number of allylic oxidation sites excluding steroid dienone is 2. The van der Waals surface area contributed by atoms with Gasteiger partial charge in [-0.2, -0.15) is 5.53 Å². The molecular formula is C15H15ClN4O3Zn. The molecule has 0 aliphatic heterocycles. The van der Waals surface area contributed by atoms with Gasteiger partial charge in [0.1, 0.15) is 22.9 Å². The summed E-state index contributed by atoms with van der Waals surface area (Å²) in [4.78, 5) is 16.2. The molecule has 24 heavy (non-hydrogen) atoms. The quantitative estimate of drug-likeness (QED) is 0.364. The first kappa shape index (κ1) is 21.8. The summed E-state index contributed by atoms with van der Waals surface area (Å²) in [7, 11) is 2.91. The van der Waals surface area contributed by atoms with Crippen molar-refractivity contribution in [1.82, 2.24) is 0 Å². The van der Waals surface area contributed by atoms with E-state index in [-0.39, 0.29) is 31.9 Å². The fourth-order valence-electron chi connectivity index (χ4n) is 1.84. The Morgan fingerprint density at radius 1 is 1.00 bits per heavy atom. The minimum absolute atomic E-state index is 0. The molecular weight excluding hydrogens is 385 g/mol. The molecule has 0 aromatic heterocycles. The summed E-state index contributed by atoms with van der Waals surface area (Å²) < 4.78 is 10.4.